The Balaban J connectivity index is 2.68. The molecule has 0 aromatic heterocycles. The fourth-order valence-corrected chi connectivity index (χ4v) is 2.20. The van der Waals surface area contributed by atoms with Gasteiger partial charge in [-0.25, -0.2) is 0 Å². The van der Waals surface area contributed by atoms with Gasteiger partial charge in [-0.1, -0.05) is 24.3 Å². The van der Waals surface area contributed by atoms with Gasteiger partial charge in [-0.15, -0.1) is 0 Å². The Kier molecular flexibility index (Phi) is 6.84. The Bertz CT molecular complexity index is 637. The van der Waals surface area contributed by atoms with Gasteiger partial charge in [0.15, 0.2) is 11.6 Å². The Morgan fingerprint density at radius 3 is 1.19 bits per heavy atom. The number of Topliss-reactive ketones (excluding diaryl/α,β-unsaturated/α-hetero) is 2. The molecule has 26 heavy (non-hydrogen) atoms. The van der Waals surface area contributed by atoms with Crippen molar-refractivity contribution < 1.29 is 29.4 Å². The normalized spacial score (nSPS) is 11.8. The molecule has 6 nitrogen and oxygen atoms in total. The highest BCUT2D eigenvalue weighted by molar-refractivity contribution is 5.99. The summed E-state index contributed by atoms with van der Waals surface area (Å²) in [6.45, 7) is 6.29. The molecular weight excluding hydrogens is 336 g/mol. The largest absolute Gasteiger partial charge is 0.481 e. The summed E-state index contributed by atoms with van der Waals surface area (Å²) < 4.78 is 0. The van der Waals surface area contributed by atoms with Gasteiger partial charge < -0.3 is 10.2 Å². The number of carbonyl (C=O) groups is 4. The molecule has 0 saturated carbocycles. The predicted octanol–water partition coefficient (Wildman–Crippen LogP) is 3.83. The van der Waals surface area contributed by atoms with Crippen LogP contribution in [0, 0.1) is 10.8 Å². The smallest absolute Gasteiger partial charge is 0.309 e. The molecule has 0 aliphatic heterocycles. The molecular formula is C20H26O6. The predicted molar refractivity (Wildman–Crippen MR) is 96.4 cm³/mol. The van der Waals surface area contributed by atoms with Crippen LogP contribution in [-0.4, -0.2) is 33.7 Å². The number of carbonyl (C=O) groups excluding carboxylic acids is 2. The zero-order chi connectivity index (χ0) is 20.1. The summed E-state index contributed by atoms with van der Waals surface area (Å²) in [4.78, 5) is 46.5. The van der Waals surface area contributed by atoms with E-state index in [1.54, 1.807) is 52.0 Å². The van der Waals surface area contributed by atoms with Crippen molar-refractivity contribution in [2.75, 3.05) is 0 Å². The summed E-state index contributed by atoms with van der Waals surface area (Å²) in [5.41, 5.74) is -1.09. The van der Waals surface area contributed by atoms with Gasteiger partial charge >= 0.3 is 11.9 Å². The van der Waals surface area contributed by atoms with Crippen LogP contribution in [0.3, 0.4) is 0 Å². The lowest BCUT2D eigenvalue weighted by atomic mass is 9.85. The molecule has 0 unspecified atom stereocenters. The van der Waals surface area contributed by atoms with Gasteiger partial charge in [-0.3, -0.25) is 19.2 Å². The number of rotatable bonds is 10. The van der Waals surface area contributed by atoms with Crippen molar-refractivity contribution >= 4 is 23.5 Å². The van der Waals surface area contributed by atoms with Crippen molar-refractivity contribution in [1.82, 2.24) is 0 Å². The molecule has 1 aromatic rings. The summed E-state index contributed by atoms with van der Waals surface area (Å²) in [7, 11) is 0. The van der Waals surface area contributed by atoms with Crippen LogP contribution >= 0.6 is 0 Å². The highest BCUT2D eigenvalue weighted by Gasteiger charge is 2.28. The third kappa shape index (κ3) is 5.79. The van der Waals surface area contributed by atoms with E-state index in [0.717, 1.165) is 0 Å². The van der Waals surface area contributed by atoms with Gasteiger partial charge in [0.2, 0.25) is 0 Å². The van der Waals surface area contributed by atoms with E-state index in [1.165, 1.54) is 0 Å². The van der Waals surface area contributed by atoms with E-state index in [-0.39, 0.29) is 37.2 Å². The summed E-state index contributed by atoms with van der Waals surface area (Å²) in [6.07, 6.45) is 0.678. The number of carboxylic acids is 2. The second kappa shape index (κ2) is 8.25. The monoisotopic (exact) mass is 362 g/mol. The average Bonchev–Trinajstić information content (AvgIpc) is 2.57. The fraction of sp³-hybridized carbons (Fsp3) is 0.500. The van der Waals surface area contributed by atoms with Crippen LogP contribution in [0.25, 0.3) is 0 Å². The molecule has 1 rings (SSSR count). The third-order valence-corrected chi connectivity index (χ3v) is 4.64. The Labute approximate surface area is 153 Å². The first-order valence-electron chi connectivity index (χ1n) is 8.50. The maximum absolute atomic E-state index is 12.2. The number of hydrogen-bond donors (Lipinski definition) is 2. The Hall–Kier alpha value is -2.50. The molecule has 0 atom stereocenters. The molecule has 6 heteroatoms. The van der Waals surface area contributed by atoms with Crippen LogP contribution in [0.4, 0.5) is 0 Å². The van der Waals surface area contributed by atoms with E-state index in [0.29, 0.717) is 11.1 Å². The SMILES string of the molecule is CC(C)(CCC(=O)c1ccc(C(=O)CCC(C)(C)C(=O)O)cc1)C(=O)O. The van der Waals surface area contributed by atoms with Gasteiger partial charge in [0, 0.05) is 24.0 Å². The molecule has 0 fully saturated rings. The number of aliphatic carboxylic acids is 2. The lowest BCUT2D eigenvalue weighted by Crippen LogP contribution is -2.24. The first-order chi connectivity index (χ1) is 11.9. The van der Waals surface area contributed by atoms with Crippen LogP contribution in [0.1, 0.15) is 74.1 Å². The maximum atomic E-state index is 12.2. The lowest BCUT2D eigenvalue weighted by molar-refractivity contribution is -0.148. The van der Waals surface area contributed by atoms with Crippen molar-refractivity contribution in [1.29, 1.82) is 0 Å². The van der Waals surface area contributed by atoms with E-state index < -0.39 is 22.8 Å². The minimum atomic E-state index is -0.970. The van der Waals surface area contributed by atoms with Gasteiger partial charge in [0.25, 0.3) is 0 Å². The van der Waals surface area contributed by atoms with Gasteiger partial charge in [-0.2, -0.15) is 0 Å². The quantitative estimate of drug-likeness (QED) is 0.612. The zero-order valence-corrected chi connectivity index (χ0v) is 15.7. The molecule has 0 aliphatic carbocycles. The minimum Gasteiger partial charge on any atom is -0.481 e. The molecule has 142 valence electrons. The van der Waals surface area contributed by atoms with E-state index in [2.05, 4.69) is 0 Å². The third-order valence-electron chi connectivity index (χ3n) is 4.64. The summed E-state index contributed by atoms with van der Waals surface area (Å²) in [5.74, 6) is -2.25. The number of ketones is 2. The van der Waals surface area contributed by atoms with E-state index in [1.807, 2.05) is 0 Å². The number of hydrogen-bond acceptors (Lipinski definition) is 4. The van der Waals surface area contributed by atoms with Crippen molar-refractivity contribution in [3.05, 3.63) is 35.4 Å². The molecule has 0 spiro atoms. The molecule has 0 heterocycles. The van der Waals surface area contributed by atoms with E-state index >= 15 is 0 Å². The van der Waals surface area contributed by atoms with E-state index in [9.17, 15) is 19.2 Å². The lowest BCUT2D eigenvalue weighted by Gasteiger charge is -2.18. The molecule has 0 aliphatic rings. The summed E-state index contributed by atoms with van der Waals surface area (Å²) in [6, 6.07) is 6.19. The van der Waals surface area contributed by atoms with Crippen molar-refractivity contribution in [2.24, 2.45) is 10.8 Å². The maximum Gasteiger partial charge on any atom is 0.309 e. The standard InChI is InChI=1S/C20H26O6/c1-19(2,17(23)24)11-9-15(21)13-5-7-14(8-6-13)16(22)10-12-20(3,4)18(25)26/h5-8H,9-12H2,1-4H3,(H,23,24)(H,25,26). The number of benzene rings is 1. The summed E-state index contributed by atoms with van der Waals surface area (Å²) in [5, 5.41) is 18.2. The van der Waals surface area contributed by atoms with Crippen LogP contribution < -0.4 is 0 Å². The average molecular weight is 362 g/mol. The number of carboxylic acid groups (broad SMARTS) is 2. The van der Waals surface area contributed by atoms with Crippen LogP contribution in [0.2, 0.25) is 0 Å². The second-order valence-corrected chi connectivity index (χ2v) is 7.80. The molecule has 0 radical (unpaired) electrons. The second-order valence-electron chi connectivity index (χ2n) is 7.80. The molecule has 1 aromatic carbocycles. The van der Waals surface area contributed by atoms with Gasteiger partial charge in [0.05, 0.1) is 10.8 Å². The molecule has 0 amide bonds. The Morgan fingerprint density at radius 1 is 0.692 bits per heavy atom. The van der Waals surface area contributed by atoms with Crippen LogP contribution in [-0.2, 0) is 9.59 Å². The summed E-state index contributed by atoms with van der Waals surface area (Å²) >= 11 is 0. The molecule has 0 bridgehead atoms. The topological polar surface area (TPSA) is 109 Å². The first-order valence-corrected chi connectivity index (χ1v) is 8.50. The zero-order valence-electron chi connectivity index (χ0n) is 15.7. The van der Waals surface area contributed by atoms with E-state index in [4.69, 9.17) is 10.2 Å². The van der Waals surface area contributed by atoms with Crippen molar-refractivity contribution in [3.8, 4) is 0 Å². The van der Waals surface area contributed by atoms with Crippen molar-refractivity contribution in [3.63, 3.8) is 0 Å². The van der Waals surface area contributed by atoms with Crippen LogP contribution in [0.15, 0.2) is 24.3 Å². The van der Waals surface area contributed by atoms with Crippen molar-refractivity contribution in [2.45, 2.75) is 53.4 Å². The first kappa shape index (κ1) is 21.5. The van der Waals surface area contributed by atoms with Crippen LogP contribution in [0.5, 0.6) is 0 Å². The highest BCUT2D eigenvalue weighted by atomic mass is 16.4. The molecule has 0 saturated heterocycles. The fourth-order valence-electron chi connectivity index (χ4n) is 2.20. The Morgan fingerprint density at radius 2 is 0.962 bits per heavy atom. The molecule has 2 N–H and O–H groups in total. The minimum absolute atomic E-state index is 0.111. The highest BCUT2D eigenvalue weighted by Crippen LogP contribution is 2.25. The van der Waals surface area contributed by atoms with Gasteiger partial charge in [0.1, 0.15) is 0 Å². The van der Waals surface area contributed by atoms with Gasteiger partial charge in [-0.05, 0) is 40.5 Å².